The normalized spacial score (nSPS) is 11.1. The second kappa shape index (κ2) is 8.41. The monoisotopic (exact) mass is 433 g/mol. The van der Waals surface area contributed by atoms with Crippen LogP contribution in [0.4, 0.5) is 11.4 Å². The smallest absolute Gasteiger partial charge is 0.261 e. The number of carbonyl (C=O) groups is 1. The number of benzene rings is 2. The average Bonchev–Trinajstić information content (AvgIpc) is 3.32. The number of hydrogen-bond acceptors (Lipinski definition) is 5. The highest BCUT2D eigenvalue weighted by Gasteiger charge is 2.16. The molecule has 4 rings (SSSR count). The van der Waals surface area contributed by atoms with E-state index >= 15 is 0 Å². The highest BCUT2D eigenvalue weighted by Crippen LogP contribution is 2.24. The van der Waals surface area contributed by atoms with Crippen LogP contribution in [0.3, 0.4) is 0 Å². The molecule has 0 fully saturated rings. The number of rotatable bonds is 6. The van der Waals surface area contributed by atoms with Crippen molar-refractivity contribution in [3.63, 3.8) is 0 Å². The standard InChI is InChI=1S/C22H19N5O3S/c1-16-8-10-18(14-20(16)26-31(29,30)19-6-3-2-4-7-19)25-22(28)17-9-11-21(23-15-17)27-13-5-12-24-27/h2-15,26H,1H3,(H,25,28). The molecule has 0 aliphatic carbocycles. The molecule has 0 aliphatic rings. The lowest BCUT2D eigenvalue weighted by Gasteiger charge is -2.13. The van der Waals surface area contributed by atoms with Crippen LogP contribution in [0.1, 0.15) is 15.9 Å². The van der Waals surface area contributed by atoms with Gasteiger partial charge in [-0.3, -0.25) is 9.52 Å². The number of pyridine rings is 1. The Labute approximate surface area is 179 Å². The summed E-state index contributed by atoms with van der Waals surface area (Å²) < 4.78 is 29.4. The minimum Gasteiger partial charge on any atom is -0.322 e. The molecular weight excluding hydrogens is 414 g/mol. The third-order valence-corrected chi connectivity index (χ3v) is 5.92. The van der Waals surface area contributed by atoms with E-state index in [1.165, 1.54) is 18.3 Å². The van der Waals surface area contributed by atoms with Crippen molar-refractivity contribution in [3.8, 4) is 5.82 Å². The van der Waals surface area contributed by atoms with Gasteiger partial charge in [-0.1, -0.05) is 24.3 Å². The molecule has 31 heavy (non-hydrogen) atoms. The molecular formula is C22H19N5O3S. The summed E-state index contributed by atoms with van der Waals surface area (Å²) in [5, 5.41) is 6.86. The van der Waals surface area contributed by atoms with Crippen molar-refractivity contribution in [2.45, 2.75) is 11.8 Å². The Bertz CT molecular complexity index is 1300. The van der Waals surface area contributed by atoms with E-state index in [9.17, 15) is 13.2 Å². The molecule has 1 amide bonds. The molecule has 0 saturated carbocycles. The minimum absolute atomic E-state index is 0.159. The molecule has 0 radical (unpaired) electrons. The molecule has 0 spiro atoms. The summed E-state index contributed by atoms with van der Waals surface area (Å²) >= 11 is 0. The maximum absolute atomic E-state index is 12.6. The zero-order valence-corrected chi connectivity index (χ0v) is 17.4. The largest absolute Gasteiger partial charge is 0.322 e. The number of nitrogens with one attached hydrogen (secondary N) is 2. The molecule has 4 aromatic rings. The Kier molecular flexibility index (Phi) is 5.50. The molecule has 2 aromatic heterocycles. The summed E-state index contributed by atoms with van der Waals surface area (Å²) in [6, 6.07) is 18.2. The van der Waals surface area contributed by atoms with Crippen molar-refractivity contribution >= 4 is 27.3 Å². The van der Waals surface area contributed by atoms with Gasteiger partial charge in [0.05, 0.1) is 16.1 Å². The Hall–Kier alpha value is -3.98. The van der Waals surface area contributed by atoms with Crippen molar-refractivity contribution in [1.29, 1.82) is 0 Å². The maximum Gasteiger partial charge on any atom is 0.261 e. The zero-order chi connectivity index (χ0) is 21.8. The average molecular weight is 433 g/mol. The van der Waals surface area contributed by atoms with Crippen molar-refractivity contribution < 1.29 is 13.2 Å². The fraction of sp³-hybridized carbons (Fsp3) is 0.0455. The van der Waals surface area contributed by atoms with Gasteiger partial charge in [0, 0.05) is 24.3 Å². The van der Waals surface area contributed by atoms with Gasteiger partial charge in [-0.2, -0.15) is 5.10 Å². The number of nitrogens with zero attached hydrogens (tertiary/aromatic N) is 3. The number of aryl methyl sites for hydroxylation is 1. The molecule has 8 nitrogen and oxygen atoms in total. The topological polar surface area (TPSA) is 106 Å². The van der Waals surface area contributed by atoms with Crippen LogP contribution in [-0.2, 0) is 10.0 Å². The van der Waals surface area contributed by atoms with Gasteiger partial charge in [0.1, 0.15) is 0 Å². The minimum atomic E-state index is -3.74. The van der Waals surface area contributed by atoms with E-state index in [2.05, 4.69) is 20.1 Å². The van der Waals surface area contributed by atoms with Crippen LogP contribution >= 0.6 is 0 Å². The van der Waals surface area contributed by atoms with E-state index in [1.807, 2.05) is 0 Å². The van der Waals surface area contributed by atoms with Crippen LogP contribution in [-0.4, -0.2) is 29.1 Å². The molecule has 2 heterocycles. The first-order valence-electron chi connectivity index (χ1n) is 9.38. The summed E-state index contributed by atoms with van der Waals surface area (Å²) in [4.78, 5) is 17.0. The van der Waals surface area contributed by atoms with Crippen molar-refractivity contribution in [1.82, 2.24) is 14.8 Å². The SMILES string of the molecule is Cc1ccc(NC(=O)c2ccc(-n3cccn3)nc2)cc1NS(=O)(=O)c1ccccc1. The van der Waals surface area contributed by atoms with Crippen molar-refractivity contribution in [2.75, 3.05) is 10.0 Å². The highest BCUT2D eigenvalue weighted by molar-refractivity contribution is 7.92. The number of anilines is 2. The van der Waals surface area contributed by atoms with Crippen LogP contribution in [0.5, 0.6) is 0 Å². The van der Waals surface area contributed by atoms with Crippen LogP contribution < -0.4 is 10.0 Å². The van der Waals surface area contributed by atoms with Gasteiger partial charge in [-0.05, 0) is 55.0 Å². The molecule has 2 N–H and O–H groups in total. The van der Waals surface area contributed by atoms with Crippen molar-refractivity contribution in [2.24, 2.45) is 0 Å². The van der Waals surface area contributed by atoms with Gasteiger partial charge in [0.15, 0.2) is 5.82 Å². The number of amides is 1. The molecule has 9 heteroatoms. The predicted molar refractivity (Wildman–Crippen MR) is 118 cm³/mol. The van der Waals surface area contributed by atoms with Gasteiger partial charge < -0.3 is 5.32 Å². The van der Waals surface area contributed by atoms with E-state index in [1.54, 1.807) is 78.6 Å². The van der Waals surface area contributed by atoms with E-state index in [0.29, 0.717) is 22.8 Å². The molecule has 156 valence electrons. The first-order chi connectivity index (χ1) is 14.9. The summed E-state index contributed by atoms with van der Waals surface area (Å²) in [6.45, 7) is 1.78. The quantitative estimate of drug-likeness (QED) is 0.483. The fourth-order valence-electron chi connectivity index (χ4n) is 2.88. The van der Waals surface area contributed by atoms with Gasteiger partial charge in [-0.25, -0.2) is 18.1 Å². The number of sulfonamides is 1. The lowest BCUT2D eigenvalue weighted by Crippen LogP contribution is -2.15. The molecule has 0 atom stereocenters. The highest BCUT2D eigenvalue weighted by atomic mass is 32.2. The molecule has 2 aromatic carbocycles. The number of hydrogen-bond donors (Lipinski definition) is 2. The van der Waals surface area contributed by atoms with E-state index in [4.69, 9.17) is 0 Å². The Morgan fingerprint density at radius 3 is 2.48 bits per heavy atom. The predicted octanol–water partition coefficient (Wildman–Crippen LogP) is 3.63. The third-order valence-electron chi connectivity index (χ3n) is 4.54. The Morgan fingerprint density at radius 2 is 1.81 bits per heavy atom. The fourth-order valence-corrected chi connectivity index (χ4v) is 4.02. The van der Waals surface area contributed by atoms with E-state index < -0.39 is 10.0 Å². The summed E-state index contributed by atoms with van der Waals surface area (Å²) in [5.41, 5.74) is 1.93. The Balaban J connectivity index is 1.51. The van der Waals surface area contributed by atoms with Crippen LogP contribution in [0, 0.1) is 6.92 Å². The first-order valence-corrected chi connectivity index (χ1v) is 10.9. The molecule has 0 bridgehead atoms. The second-order valence-electron chi connectivity index (χ2n) is 6.76. The maximum atomic E-state index is 12.6. The van der Waals surface area contributed by atoms with Gasteiger partial charge in [0.2, 0.25) is 0 Å². The summed E-state index contributed by atoms with van der Waals surface area (Å²) in [6.07, 6.45) is 4.86. The third kappa shape index (κ3) is 4.62. The van der Waals surface area contributed by atoms with Gasteiger partial charge in [-0.15, -0.1) is 0 Å². The van der Waals surface area contributed by atoms with E-state index in [0.717, 1.165) is 5.56 Å². The Morgan fingerprint density at radius 1 is 1.00 bits per heavy atom. The molecule has 0 aliphatic heterocycles. The van der Waals surface area contributed by atoms with E-state index in [-0.39, 0.29) is 10.8 Å². The van der Waals surface area contributed by atoms with Crippen LogP contribution in [0.2, 0.25) is 0 Å². The first kappa shape index (κ1) is 20.3. The lowest BCUT2D eigenvalue weighted by molar-refractivity contribution is 0.102. The molecule has 0 saturated heterocycles. The molecule has 0 unspecified atom stereocenters. The number of aromatic nitrogens is 3. The van der Waals surface area contributed by atoms with Gasteiger partial charge in [0.25, 0.3) is 15.9 Å². The lowest BCUT2D eigenvalue weighted by atomic mass is 10.2. The van der Waals surface area contributed by atoms with Crippen LogP contribution in [0.15, 0.2) is 90.2 Å². The summed E-state index contributed by atoms with van der Waals surface area (Å²) in [7, 11) is -3.74. The summed E-state index contributed by atoms with van der Waals surface area (Å²) in [5.74, 6) is 0.231. The zero-order valence-electron chi connectivity index (χ0n) is 16.6. The second-order valence-corrected chi connectivity index (χ2v) is 8.44. The van der Waals surface area contributed by atoms with Gasteiger partial charge >= 0.3 is 0 Å². The van der Waals surface area contributed by atoms with Crippen LogP contribution in [0.25, 0.3) is 5.82 Å². The van der Waals surface area contributed by atoms with Crippen molar-refractivity contribution in [3.05, 3.63) is 96.4 Å². The number of carbonyl (C=O) groups excluding carboxylic acids is 1.